The number of amides is 1. The minimum absolute atomic E-state index is 0.0805. The first kappa shape index (κ1) is 17.3. The Morgan fingerprint density at radius 2 is 2.16 bits per heavy atom. The first-order valence-corrected chi connectivity index (χ1v) is 8.63. The molecule has 134 valence electrons. The number of aromatic nitrogens is 4. The highest BCUT2D eigenvalue weighted by Crippen LogP contribution is 2.15. The second-order valence-electron chi connectivity index (χ2n) is 6.57. The van der Waals surface area contributed by atoms with E-state index in [2.05, 4.69) is 30.2 Å². The van der Waals surface area contributed by atoms with E-state index in [-0.39, 0.29) is 11.9 Å². The third kappa shape index (κ3) is 4.76. The Balaban J connectivity index is 1.55. The van der Waals surface area contributed by atoms with Crippen LogP contribution in [0.25, 0.3) is 0 Å². The van der Waals surface area contributed by atoms with Gasteiger partial charge in [0.05, 0.1) is 6.54 Å². The molecule has 1 saturated heterocycles. The van der Waals surface area contributed by atoms with Crippen molar-refractivity contribution < 1.29 is 4.79 Å². The van der Waals surface area contributed by atoms with Gasteiger partial charge in [0.15, 0.2) is 0 Å². The van der Waals surface area contributed by atoms with E-state index in [4.69, 9.17) is 0 Å². The zero-order valence-electron chi connectivity index (χ0n) is 14.8. The van der Waals surface area contributed by atoms with Crippen LogP contribution in [0.2, 0.25) is 0 Å². The summed E-state index contributed by atoms with van der Waals surface area (Å²) in [6.45, 7) is 3.28. The standard InChI is InChI=1S/C17H25N7O/c1-22(2)11-12-24-10-6-15(21-24)16(25)20-14-5-3-9-23(13-14)17-18-7-4-8-19-17/h4,6-8,10,14H,3,5,9,11-13H2,1-2H3,(H,20,25). The van der Waals surface area contributed by atoms with Crippen molar-refractivity contribution in [3.8, 4) is 0 Å². The molecule has 0 saturated carbocycles. The summed E-state index contributed by atoms with van der Waals surface area (Å²) >= 11 is 0. The molecular formula is C17H25N7O. The minimum atomic E-state index is -0.121. The first-order chi connectivity index (χ1) is 12.1. The highest BCUT2D eigenvalue weighted by Gasteiger charge is 2.24. The predicted molar refractivity (Wildman–Crippen MR) is 95.5 cm³/mol. The predicted octanol–water partition coefficient (Wildman–Crippen LogP) is 0.633. The van der Waals surface area contributed by atoms with Crippen LogP contribution in [-0.4, -0.2) is 70.3 Å². The van der Waals surface area contributed by atoms with Crippen LogP contribution in [0.5, 0.6) is 0 Å². The average molecular weight is 343 g/mol. The molecule has 1 fully saturated rings. The molecule has 0 radical (unpaired) electrons. The van der Waals surface area contributed by atoms with Crippen LogP contribution in [-0.2, 0) is 6.54 Å². The number of likely N-dealkylation sites (N-methyl/N-ethyl adjacent to an activating group) is 1. The molecule has 1 atom stereocenters. The third-order valence-corrected chi connectivity index (χ3v) is 4.24. The Hall–Kier alpha value is -2.48. The highest BCUT2D eigenvalue weighted by atomic mass is 16.2. The van der Waals surface area contributed by atoms with E-state index in [1.807, 2.05) is 20.3 Å². The minimum Gasteiger partial charge on any atom is -0.346 e. The summed E-state index contributed by atoms with van der Waals surface area (Å²) in [7, 11) is 4.03. The first-order valence-electron chi connectivity index (χ1n) is 8.63. The van der Waals surface area contributed by atoms with E-state index in [1.54, 1.807) is 29.2 Å². The number of nitrogens with one attached hydrogen (secondary N) is 1. The molecule has 3 rings (SSSR count). The Labute approximate surface area is 147 Å². The van der Waals surface area contributed by atoms with E-state index < -0.39 is 0 Å². The van der Waals surface area contributed by atoms with E-state index in [9.17, 15) is 4.79 Å². The highest BCUT2D eigenvalue weighted by molar-refractivity contribution is 5.92. The fraction of sp³-hybridized carbons (Fsp3) is 0.529. The number of hydrogen-bond donors (Lipinski definition) is 1. The normalized spacial score (nSPS) is 17.7. The van der Waals surface area contributed by atoms with Crippen molar-refractivity contribution in [3.05, 3.63) is 36.4 Å². The second kappa shape index (κ2) is 8.06. The maximum Gasteiger partial charge on any atom is 0.272 e. The summed E-state index contributed by atoms with van der Waals surface area (Å²) in [6.07, 6.45) is 7.29. The van der Waals surface area contributed by atoms with Gasteiger partial charge < -0.3 is 15.1 Å². The SMILES string of the molecule is CN(C)CCn1ccc(C(=O)NC2CCCN(c3ncccn3)C2)n1. The second-order valence-corrected chi connectivity index (χ2v) is 6.57. The largest absolute Gasteiger partial charge is 0.346 e. The van der Waals surface area contributed by atoms with Crippen LogP contribution in [0.15, 0.2) is 30.7 Å². The van der Waals surface area contributed by atoms with Gasteiger partial charge in [-0.15, -0.1) is 0 Å². The van der Waals surface area contributed by atoms with Gasteiger partial charge in [-0.05, 0) is 39.1 Å². The van der Waals surface area contributed by atoms with Gasteiger partial charge in [0.2, 0.25) is 5.95 Å². The third-order valence-electron chi connectivity index (χ3n) is 4.24. The lowest BCUT2D eigenvalue weighted by Gasteiger charge is -2.32. The summed E-state index contributed by atoms with van der Waals surface area (Å²) in [6, 6.07) is 3.66. The lowest BCUT2D eigenvalue weighted by molar-refractivity contribution is 0.0927. The molecule has 1 N–H and O–H groups in total. The van der Waals surface area contributed by atoms with E-state index >= 15 is 0 Å². The molecule has 8 heteroatoms. The maximum absolute atomic E-state index is 12.5. The molecule has 2 aromatic rings. The number of anilines is 1. The molecule has 1 aliphatic heterocycles. The van der Waals surface area contributed by atoms with Gasteiger partial charge in [-0.2, -0.15) is 5.10 Å². The fourth-order valence-corrected chi connectivity index (χ4v) is 2.90. The van der Waals surface area contributed by atoms with Crippen molar-refractivity contribution >= 4 is 11.9 Å². The van der Waals surface area contributed by atoms with Crippen LogP contribution in [0.1, 0.15) is 23.3 Å². The Bertz CT molecular complexity index is 685. The van der Waals surface area contributed by atoms with Gasteiger partial charge in [0, 0.05) is 44.3 Å². The Kier molecular flexibility index (Phi) is 5.60. The molecule has 3 heterocycles. The van der Waals surface area contributed by atoms with E-state index in [1.165, 1.54) is 0 Å². The molecule has 0 aliphatic carbocycles. The van der Waals surface area contributed by atoms with Gasteiger partial charge >= 0.3 is 0 Å². The summed E-state index contributed by atoms with van der Waals surface area (Å²) in [4.78, 5) is 25.3. The molecule has 8 nitrogen and oxygen atoms in total. The molecular weight excluding hydrogens is 318 g/mol. The molecule has 0 bridgehead atoms. The van der Waals surface area contributed by atoms with Crippen LogP contribution < -0.4 is 10.2 Å². The smallest absolute Gasteiger partial charge is 0.272 e. The van der Waals surface area contributed by atoms with Crippen LogP contribution in [0.3, 0.4) is 0 Å². The summed E-state index contributed by atoms with van der Waals surface area (Å²) in [5, 5.41) is 7.46. The van der Waals surface area contributed by atoms with Crippen LogP contribution in [0.4, 0.5) is 5.95 Å². The molecule has 1 aliphatic rings. The number of piperidine rings is 1. The molecule has 1 unspecified atom stereocenters. The Morgan fingerprint density at radius 3 is 2.92 bits per heavy atom. The number of hydrogen-bond acceptors (Lipinski definition) is 6. The van der Waals surface area contributed by atoms with E-state index in [0.717, 1.165) is 45.0 Å². The van der Waals surface area contributed by atoms with Gasteiger partial charge in [0.25, 0.3) is 5.91 Å². The number of carbonyl (C=O) groups is 1. The van der Waals surface area contributed by atoms with Crippen molar-refractivity contribution in [2.75, 3.05) is 38.6 Å². The van der Waals surface area contributed by atoms with Crippen molar-refractivity contribution in [1.29, 1.82) is 0 Å². The molecule has 25 heavy (non-hydrogen) atoms. The van der Waals surface area contributed by atoms with Crippen molar-refractivity contribution in [3.63, 3.8) is 0 Å². The lowest BCUT2D eigenvalue weighted by atomic mass is 10.1. The molecule has 2 aromatic heterocycles. The molecule has 0 aromatic carbocycles. The lowest BCUT2D eigenvalue weighted by Crippen LogP contribution is -2.48. The van der Waals surface area contributed by atoms with E-state index in [0.29, 0.717) is 5.69 Å². The summed E-state index contributed by atoms with van der Waals surface area (Å²) in [5.41, 5.74) is 0.465. The quantitative estimate of drug-likeness (QED) is 0.829. The zero-order valence-corrected chi connectivity index (χ0v) is 14.8. The number of nitrogens with zero attached hydrogens (tertiary/aromatic N) is 6. The van der Waals surface area contributed by atoms with Gasteiger partial charge in [-0.3, -0.25) is 9.48 Å². The van der Waals surface area contributed by atoms with Crippen molar-refractivity contribution in [1.82, 2.24) is 30.0 Å². The molecule has 1 amide bonds. The Morgan fingerprint density at radius 1 is 1.36 bits per heavy atom. The average Bonchev–Trinajstić information content (AvgIpc) is 3.10. The van der Waals surface area contributed by atoms with Crippen LogP contribution >= 0.6 is 0 Å². The fourth-order valence-electron chi connectivity index (χ4n) is 2.90. The summed E-state index contributed by atoms with van der Waals surface area (Å²) < 4.78 is 1.81. The van der Waals surface area contributed by atoms with Gasteiger partial charge in [-0.1, -0.05) is 0 Å². The van der Waals surface area contributed by atoms with Gasteiger partial charge in [0.1, 0.15) is 5.69 Å². The summed E-state index contributed by atoms with van der Waals surface area (Å²) in [5.74, 6) is 0.596. The topological polar surface area (TPSA) is 79.2 Å². The maximum atomic E-state index is 12.5. The van der Waals surface area contributed by atoms with Crippen molar-refractivity contribution in [2.45, 2.75) is 25.4 Å². The monoisotopic (exact) mass is 343 g/mol. The number of carbonyl (C=O) groups excluding carboxylic acids is 1. The van der Waals surface area contributed by atoms with Crippen molar-refractivity contribution in [2.24, 2.45) is 0 Å². The number of rotatable bonds is 6. The zero-order chi connectivity index (χ0) is 17.6. The van der Waals surface area contributed by atoms with Crippen LogP contribution in [0, 0.1) is 0 Å². The van der Waals surface area contributed by atoms with Gasteiger partial charge in [-0.25, -0.2) is 9.97 Å². The molecule has 0 spiro atoms.